The van der Waals surface area contributed by atoms with Gasteiger partial charge in [-0.15, -0.1) is 0 Å². The molecule has 0 bridgehead atoms. The number of likely N-dealkylation sites (N-methyl/N-ethyl adjacent to an activating group) is 1. The van der Waals surface area contributed by atoms with E-state index in [1.807, 2.05) is 54.8 Å². The summed E-state index contributed by atoms with van der Waals surface area (Å²) in [5.74, 6) is 0.935. The van der Waals surface area contributed by atoms with Gasteiger partial charge in [0, 0.05) is 24.2 Å². The van der Waals surface area contributed by atoms with Crippen molar-refractivity contribution >= 4 is 28.3 Å². The van der Waals surface area contributed by atoms with Crippen molar-refractivity contribution in [2.75, 3.05) is 20.7 Å². The Morgan fingerprint density at radius 1 is 1.11 bits per heavy atom. The maximum absolute atomic E-state index is 12.6. The van der Waals surface area contributed by atoms with Gasteiger partial charge in [0.1, 0.15) is 11.8 Å². The first-order chi connectivity index (χ1) is 13.5. The van der Waals surface area contributed by atoms with E-state index in [0.717, 1.165) is 32.7 Å². The van der Waals surface area contributed by atoms with Gasteiger partial charge in [0.25, 0.3) is 5.91 Å². The summed E-state index contributed by atoms with van der Waals surface area (Å²) in [5, 5.41) is 5.02. The molecule has 5 heteroatoms. The molecule has 0 aliphatic rings. The molecule has 0 aliphatic carbocycles. The molecule has 0 heterocycles. The number of carbonyl (C=O) groups excluding carboxylic acids is 1. The molecule has 1 amide bonds. The van der Waals surface area contributed by atoms with Crippen molar-refractivity contribution in [2.24, 2.45) is 0 Å². The number of carbonyl (C=O) groups is 1. The van der Waals surface area contributed by atoms with Crippen LogP contribution in [-0.4, -0.2) is 31.5 Å². The van der Waals surface area contributed by atoms with Crippen LogP contribution in [0.3, 0.4) is 0 Å². The number of methoxy groups -OCH3 is 1. The summed E-state index contributed by atoms with van der Waals surface area (Å²) in [6.07, 6.45) is 0. The molecular weight excluding hydrogens is 372 g/mol. The molecule has 0 fully saturated rings. The Kier molecular flexibility index (Phi) is 6.55. The molecule has 0 aromatic heterocycles. The molecular formula is C23H26ClN2O2+. The van der Waals surface area contributed by atoms with E-state index in [0.29, 0.717) is 13.1 Å². The van der Waals surface area contributed by atoms with Gasteiger partial charge in [-0.25, -0.2) is 0 Å². The monoisotopic (exact) mass is 397 g/mol. The van der Waals surface area contributed by atoms with Gasteiger partial charge in [-0.3, -0.25) is 4.79 Å². The molecule has 2 N–H and O–H groups in total. The highest BCUT2D eigenvalue weighted by Gasteiger charge is 2.16. The predicted molar refractivity (Wildman–Crippen MR) is 114 cm³/mol. The first kappa shape index (κ1) is 20.2. The highest BCUT2D eigenvalue weighted by Crippen LogP contribution is 2.22. The SMILES string of the molecule is COc1ccc2cc(CN(C)C(=O)C[NH2+][C@@H](C)c3ccccc3Cl)ccc2c1. The number of hydrogen-bond acceptors (Lipinski definition) is 2. The van der Waals surface area contributed by atoms with E-state index in [1.54, 1.807) is 12.0 Å². The maximum Gasteiger partial charge on any atom is 0.277 e. The first-order valence-electron chi connectivity index (χ1n) is 9.36. The fourth-order valence-corrected chi connectivity index (χ4v) is 3.57. The third-order valence-corrected chi connectivity index (χ3v) is 5.34. The summed E-state index contributed by atoms with van der Waals surface area (Å²) in [6.45, 7) is 3.02. The number of ether oxygens (including phenoxy) is 1. The second kappa shape index (κ2) is 9.09. The van der Waals surface area contributed by atoms with Crippen LogP contribution in [0.25, 0.3) is 10.8 Å². The van der Waals surface area contributed by atoms with Crippen LogP contribution in [0.15, 0.2) is 60.7 Å². The van der Waals surface area contributed by atoms with Crippen molar-refractivity contribution < 1.29 is 14.8 Å². The zero-order valence-electron chi connectivity index (χ0n) is 16.5. The van der Waals surface area contributed by atoms with Crippen molar-refractivity contribution in [1.29, 1.82) is 0 Å². The average Bonchev–Trinajstić information content (AvgIpc) is 2.71. The van der Waals surface area contributed by atoms with Crippen LogP contribution in [-0.2, 0) is 11.3 Å². The fourth-order valence-electron chi connectivity index (χ4n) is 3.27. The highest BCUT2D eigenvalue weighted by atomic mass is 35.5. The van der Waals surface area contributed by atoms with Crippen molar-refractivity contribution in [3.8, 4) is 5.75 Å². The van der Waals surface area contributed by atoms with Crippen molar-refractivity contribution in [3.63, 3.8) is 0 Å². The van der Waals surface area contributed by atoms with Crippen LogP contribution >= 0.6 is 11.6 Å². The molecule has 3 rings (SSSR count). The third-order valence-electron chi connectivity index (χ3n) is 5.00. The molecule has 0 saturated heterocycles. The molecule has 0 saturated carbocycles. The van der Waals surface area contributed by atoms with Crippen LogP contribution in [0.2, 0.25) is 5.02 Å². The minimum Gasteiger partial charge on any atom is -0.497 e. The zero-order chi connectivity index (χ0) is 20.1. The Labute approximate surface area is 171 Å². The summed E-state index contributed by atoms with van der Waals surface area (Å²) in [7, 11) is 3.51. The number of amides is 1. The van der Waals surface area contributed by atoms with Crippen molar-refractivity contribution in [2.45, 2.75) is 19.5 Å². The summed E-state index contributed by atoms with van der Waals surface area (Å²) in [6, 6.07) is 20.1. The first-order valence-corrected chi connectivity index (χ1v) is 9.74. The van der Waals surface area contributed by atoms with Gasteiger partial charge >= 0.3 is 0 Å². The van der Waals surface area contributed by atoms with E-state index in [-0.39, 0.29) is 11.9 Å². The lowest BCUT2D eigenvalue weighted by Crippen LogP contribution is -2.87. The number of nitrogens with zero attached hydrogens (tertiary/aromatic N) is 1. The lowest BCUT2D eigenvalue weighted by Gasteiger charge is -2.19. The summed E-state index contributed by atoms with van der Waals surface area (Å²) >= 11 is 6.25. The lowest BCUT2D eigenvalue weighted by molar-refractivity contribution is -0.683. The van der Waals surface area contributed by atoms with Gasteiger partial charge in [0.2, 0.25) is 0 Å². The minimum atomic E-state index is 0.0914. The molecule has 0 spiro atoms. The Hall–Kier alpha value is -2.56. The largest absolute Gasteiger partial charge is 0.497 e. The molecule has 146 valence electrons. The topological polar surface area (TPSA) is 46.1 Å². The van der Waals surface area contributed by atoms with E-state index in [4.69, 9.17) is 16.3 Å². The lowest BCUT2D eigenvalue weighted by atomic mass is 10.1. The number of fused-ring (bicyclic) bond motifs is 1. The molecule has 0 radical (unpaired) electrons. The van der Waals surface area contributed by atoms with E-state index in [9.17, 15) is 4.79 Å². The number of rotatable bonds is 7. The van der Waals surface area contributed by atoms with Crippen LogP contribution in [0.1, 0.15) is 24.1 Å². The van der Waals surface area contributed by atoms with Crippen LogP contribution in [0.4, 0.5) is 0 Å². The molecule has 28 heavy (non-hydrogen) atoms. The normalized spacial score (nSPS) is 12.0. The van der Waals surface area contributed by atoms with Crippen molar-refractivity contribution in [1.82, 2.24) is 4.90 Å². The summed E-state index contributed by atoms with van der Waals surface area (Å²) in [5.41, 5.74) is 2.15. The Morgan fingerprint density at radius 2 is 1.82 bits per heavy atom. The smallest absolute Gasteiger partial charge is 0.277 e. The molecule has 3 aromatic rings. The van der Waals surface area contributed by atoms with E-state index < -0.39 is 0 Å². The van der Waals surface area contributed by atoms with Crippen LogP contribution < -0.4 is 10.1 Å². The van der Waals surface area contributed by atoms with Gasteiger partial charge in [0.05, 0.1) is 7.11 Å². The van der Waals surface area contributed by atoms with E-state index in [1.165, 1.54) is 0 Å². The maximum atomic E-state index is 12.6. The number of nitrogens with two attached hydrogens (primary N) is 1. The second-order valence-electron chi connectivity index (χ2n) is 7.05. The molecule has 4 nitrogen and oxygen atoms in total. The predicted octanol–water partition coefficient (Wildman–Crippen LogP) is 3.78. The Balaban J connectivity index is 1.59. The summed E-state index contributed by atoms with van der Waals surface area (Å²) < 4.78 is 5.27. The quantitative estimate of drug-likeness (QED) is 0.659. The third kappa shape index (κ3) is 4.83. The van der Waals surface area contributed by atoms with Crippen molar-refractivity contribution in [3.05, 3.63) is 76.8 Å². The van der Waals surface area contributed by atoms with Gasteiger partial charge in [-0.2, -0.15) is 0 Å². The fraction of sp³-hybridized carbons (Fsp3) is 0.261. The molecule has 0 unspecified atom stereocenters. The molecule has 3 aromatic carbocycles. The van der Waals surface area contributed by atoms with Crippen LogP contribution in [0, 0.1) is 0 Å². The standard InChI is InChI=1S/C23H25ClN2O2/c1-16(21-6-4-5-7-22(21)24)25-14-23(27)26(2)15-17-8-9-19-13-20(28-3)11-10-18(19)12-17/h4-13,16,25H,14-15H2,1-3H3/p+1/t16-/m0/s1. The molecule has 0 aliphatic heterocycles. The highest BCUT2D eigenvalue weighted by molar-refractivity contribution is 6.31. The van der Waals surface area contributed by atoms with Gasteiger partial charge in [-0.1, -0.05) is 48.0 Å². The molecule has 1 atom stereocenters. The second-order valence-corrected chi connectivity index (χ2v) is 7.45. The average molecular weight is 398 g/mol. The Morgan fingerprint density at radius 3 is 2.57 bits per heavy atom. The van der Waals surface area contributed by atoms with Gasteiger partial charge < -0.3 is 15.0 Å². The summed E-state index contributed by atoms with van der Waals surface area (Å²) in [4.78, 5) is 14.3. The number of benzene rings is 3. The Bertz CT molecular complexity index is 974. The van der Waals surface area contributed by atoms with Gasteiger partial charge in [0.15, 0.2) is 6.54 Å². The van der Waals surface area contributed by atoms with Gasteiger partial charge in [-0.05, 0) is 47.5 Å². The zero-order valence-corrected chi connectivity index (χ0v) is 17.2. The number of halogens is 1. The number of hydrogen-bond donors (Lipinski definition) is 1. The van der Waals surface area contributed by atoms with Crippen LogP contribution in [0.5, 0.6) is 5.75 Å². The number of quaternary nitrogens is 1. The van der Waals surface area contributed by atoms with E-state index >= 15 is 0 Å². The minimum absolute atomic E-state index is 0.0914. The van der Waals surface area contributed by atoms with E-state index in [2.05, 4.69) is 25.1 Å².